The molecule has 0 saturated heterocycles. The van der Waals surface area contributed by atoms with Crippen LogP contribution in [0.15, 0.2) is 203 Å². The fourth-order valence-electron chi connectivity index (χ4n) is 10.4. The van der Waals surface area contributed by atoms with Gasteiger partial charge in [0.25, 0.3) is 0 Å². The monoisotopic (exact) mass is 782 g/mol. The van der Waals surface area contributed by atoms with E-state index in [2.05, 4.69) is 211 Å². The number of para-hydroxylation sites is 4. The zero-order valence-electron chi connectivity index (χ0n) is 33.7. The predicted octanol–water partition coefficient (Wildman–Crippen LogP) is 16.0. The maximum absolute atomic E-state index is 6.82. The van der Waals surface area contributed by atoms with Gasteiger partial charge in [-0.2, -0.15) is 0 Å². The van der Waals surface area contributed by atoms with Gasteiger partial charge in [-0.3, -0.25) is 0 Å². The highest BCUT2D eigenvalue weighted by atomic mass is 16.3. The first-order valence-corrected chi connectivity index (χ1v) is 21.0. The number of rotatable bonds is 5. The second-order valence-electron chi connectivity index (χ2n) is 16.8. The van der Waals surface area contributed by atoms with Gasteiger partial charge in [0.15, 0.2) is 5.58 Å². The van der Waals surface area contributed by atoms with Gasteiger partial charge < -0.3 is 18.3 Å². The van der Waals surface area contributed by atoms with Crippen molar-refractivity contribution in [3.63, 3.8) is 0 Å². The Bertz CT molecular complexity index is 3750. The molecule has 13 rings (SSSR count). The summed E-state index contributed by atoms with van der Waals surface area (Å²) in [5, 5.41) is 6.76. The Morgan fingerprint density at radius 1 is 0.426 bits per heavy atom. The summed E-state index contributed by atoms with van der Waals surface area (Å²) in [4.78, 5) is 2.43. The zero-order valence-corrected chi connectivity index (χ0v) is 33.7. The Balaban J connectivity index is 1.07. The summed E-state index contributed by atoms with van der Waals surface area (Å²) >= 11 is 0. The molecule has 1 aliphatic rings. The predicted molar refractivity (Wildman–Crippen MR) is 253 cm³/mol. The molecule has 4 nitrogen and oxygen atoms in total. The average Bonchev–Trinajstić information content (AvgIpc) is 4.04. The molecule has 3 aromatic heterocycles. The largest absolute Gasteiger partial charge is 0.456 e. The number of aromatic nitrogens is 1. The first kappa shape index (κ1) is 34.1. The van der Waals surface area contributed by atoms with E-state index in [0.29, 0.717) is 0 Å². The highest BCUT2D eigenvalue weighted by Crippen LogP contribution is 2.56. The van der Waals surface area contributed by atoms with Crippen molar-refractivity contribution in [2.24, 2.45) is 0 Å². The van der Waals surface area contributed by atoms with Crippen molar-refractivity contribution in [1.82, 2.24) is 4.57 Å². The molecule has 3 heterocycles. The van der Waals surface area contributed by atoms with Crippen LogP contribution < -0.4 is 4.90 Å². The highest BCUT2D eigenvalue weighted by molar-refractivity contribution is 6.18. The van der Waals surface area contributed by atoms with Gasteiger partial charge in [-0.25, -0.2) is 0 Å². The minimum atomic E-state index is -0.170. The second-order valence-corrected chi connectivity index (χ2v) is 16.8. The lowest BCUT2D eigenvalue weighted by Gasteiger charge is -2.29. The van der Waals surface area contributed by atoms with Crippen LogP contribution in [0.5, 0.6) is 0 Å². The molecule has 0 aliphatic heterocycles. The van der Waals surface area contributed by atoms with E-state index in [-0.39, 0.29) is 5.41 Å². The number of hydrogen-bond acceptors (Lipinski definition) is 3. The standard InChI is InChI=1S/C57H38N2O2/c1-57(2)44-21-9-6-19-41(44)54-45(57)22-13-24-48(54)59(50-26-12-20-40-39-18-8-11-27-51(39)61-56(40)50)49-25-14-28-53-55(49)43-34-36(30-32-52(43)60-53)35-29-31-47-42(33-35)38-17-7-10-23-46(38)58(47)37-15-4-3-5-16-37/h3-34H,1-2H3. The van der Waals surface area contributed by atoms with Crippen LogP contribution >= 0.6 is 0 Å². The lowest BCUT2D eigenvalue weighted by molar-refractivity contribution is 0.660. The Kier molecular flexibility index (Phi) is 7.04. The van der Waals surface area contributed by atoms with Crippen molar-refractivity contribution in [2.75, 3.05) is 4.90 Å². The van der Waals surface area contributed by atoms with Crippen molar-refractivity contribution >= 4 is 82.7 Å². The van der Waals surface area contributed by atoms with Gasteiger partial charge in [-0.1, -0.05) is 135 Å². The number of anilines is 3. The van der Waals surface area contributed by atoms with E-state index >= 15 is 0 Å². The molecule has 4 heteroatoms. The maximum atomic E-state index is 6.82. The van der Waals surface area contributed by atoms with Gasteiger partial charge in [-0.15, -0.1) is 0 Å². The number of furan rings is 2. The molecule has 0 bridgehead atoms. The molecular weight excluding hydrogens is 745 g/mol. The smallest absolute Gasteiger partial charge is 0.159 e. The third-order valence-electron chi connectivity index (χ3n) is 13.2. The first-order chi connectivity index (χ1) is 30.0. The molecule has 0 saturated carbocycles. The molecule has 0 N–H and O–H groups in total. The summed E-state index contributed by atoms with van der Waals surface area (Å²) in [5.74, 6) is 0. The van der Waals surface area contributed by atoms with E-state index in [0.717, 1.165) is 77.8 Å². The lowest BCUT2D eigenvalue weighted by atomic mass is 9.82. The van der Waals surface area contributed by atoms with E-state index < -0.39 is 0 Å². The SMILES string of the molecule is CC1(C)c2ccccc2-c2c(N(c3cccc4c3oc3ccccc34)c3cccc4oc5ccc(-c6ccc7c(c6)c6ccccc6n7-c6ccccc6)cc5c34)cccc21. The third-order valence-corrected chi connectivity index (χ3v) is 13.2. The van der Waals surface area contributed by atoms with Crippen LogP contribution in [-0.2, 0) is 5.41 Å². The van der Waals surface area contributed by atoms with Crippen molar-refractivity contribution < 1.29 is 8.83 Å². The first-order valence-electron chi connectivity index (χ1n) is 21.0. The topological polar surface area (TPSA) is 34.5 Å². The van der Waals surface area contributed by atoms with E-state index in [1.165, 1.54) is 44.1 Å². The molecule has 0 fully saturated rings. The summed E-state index contributed by atoms with van der Waals surface area (Å²) in [7, 11) is 0. The van der Waals surface area contributed by atoms with E-state index in [1.54, 1.807) is 0 Å². The van der Waals surface area contributed by atoms with E-state index in [1.807, 2.05) is 6.07 Å². The van der Waals surface area contributed by atoms with Crippen LogP contribution in [0.2, 0.25) is 0 Å². The van der Waals surface area contributed by atoms with E-state index in [9.17, 15) is 0 Å². The second kappa shape index (κ2) is 12.6. The lowest BCUT2D eigenvalue weighted by Crippen LogP contribution is -2.16. The maximum Gasteiger partial charge on any atom is 0.159 e. The number of fused-ring (bicyclic) bond motifs is 12. The highest BCUT2D eigenvalue weighted by Gasteiger charge is 2.38. The van der Waals surface area contributed by atoms with E-state index in [4.69, 9.17) is 8.83 Å². The van der Waals surface area contributed by atoms with Crippen LogP contribution in [0.1, 0.15) is 25.0 Å². The molecule has 0 atom stereocenters. The molecule has 0 radical (unpaired) electrons. The number of nitrogens with zero attached hydrogens (tertiary/aromatic N) is 2. The average molecular weight is 783 g/mol. The van der Waals surface area contributed by atoms with Crippen LogP contribution in [0.4, 0.5) is 17.1 Å². The van der Waals surface area contributed by atoms with Gasteiger partial charge in [0.2, 0.25) is 0 Å². The molecule has 1 aliphatic carbocycles. The summed E-state index contributed by atoms with van der Waals surface area (Å²) in [5.41, 5.74) is 17.3. The Morgan fingerprint density at radius 3 is 1.95 bits per heavy atom. The Morgan fingerprint density at radius 2 is 1.05 bits per heavy atom. The molecular formula is C57H38N2O2. The van der Waals surface area contributed by atoms with Crippen molar-refractivity contribution in [3.05, 3.63) is 205 Å². The Hall–Kier alpha value is -7.82. The molecule has 0 unspecified atom stereocenters. The summed E-state index contributed by atoms with van der Waals surface area (Å²) in [6, 6.07) is 69.8. The summed E-state index contributed by atoms with van der Waals surface area (Å²) in [6.45, 7) is 4.68. The third kappa shape index (κ3) is 4.82. The quantitative estimate of drug-likeness (QED) is 0.174. The summed E-state index contributed by atoms with van der Waals surface area (Å²) in [6.07, 6.45) is 0. The van der Waals surface area contributed by atoms with Crippen LogP contribution in [0.25, 0.3) is 93.6 Å². The minimum Gasteiger partial charge on any atom is -0.456 e. The van der Waals surface area contributed by atoms with Gasteiger partial charge in [0.1, 0.15) is 16.7 Å². The molecule has 288 valence electrons. The molecule has 9 aromatic carbocycles. The number of hydrogen-bond donors (Lipinski definition) is 0. The molecule has 61 heavy (non-hydrogen) atoms. The molecule has 12 aromatic rings. The summed E-state index contributed by atoms with van der Waals surface area (Å²) < 4.78 is 15.9. The van der Waals surface area contributed by atoms with Crippen LogP contribution in [-0.4, -0.2) is 4.57 Å². The van der Waals surface area contributed by atoms with Gasteiger partial charge in [-0.05, 0) is 101 Å². The fraction of sp³-hybridized carbons (Fsp3) is 0.0526. The molecule has 0 amide bonds. The van der Waals surface area contributed by atoms with Gasteiger partial charge in [0.05, 0.1) is 33.5 Å². The van der Waals surface area contributed by atoms with Crippen molar-refractivity contribution in [1.29, 1.82) is 0 Å². The molecule has 0 spiro atoms. The Labute approximate surface area is 352 Å². The van der Waals surface area contributed by atoms with Crippen molar-refractivity contribution in [3.8, 4) is 27.9 Å². The zero-order chi connectivity index (χ0) is 40.4. The number of benzene rings is 9. The van der Waals surface area contributed by atoms with Gasteiger partial charge in [0, 0.05) is 43.6 Å². The van der Waals surface area contributed by atoms with Gasteiger partial charge >= 0.3 is 0 Å². The van der Waals surface area contributed by atoms with Crippen LogP contribution in [0.3, 0.4) is 0 Å². The van der Waals surface area contributed by atoms with Crippen LogP contribution in [0, 0.1) is 0 Å². The van der Waals surface area contributed by atoms with Crippen molar-refractivity contribution in [2.45, 2.75) is 19.3 Å². The minimum absolute atomic E-state index is 0.170. The fourth-order valence-corrected chi connectivity index (χ4v) is 10.4. The normalized spacial score (nSPS) is 13.2.